The van der Waals surface area contributed by atoms with E-state index >= 15 is 0 Å². The SMILES string of the molecule is C=C[C@H](N)c1nccc(C)c1C(=O)O. The average Bonchev–Trinajstić information content (AvgIpc) is 2.15. The Hall–Kier alpha value is -1.68. The third-order valence-electron chi connectivity index (χ3n) is 1.97. The van der Waals surface area contributed by atoms with Crippen molar-refractivity contribution in [2.75, 3.05) is 0 Å². The van der Waals surface area contributed by atoms with Crippen molar-refractivity contribution in [1.82, 2.24) is 4.98 Å². The summed E-state index contributed by atoms with van der Waals surface area (Å²) in [6.45, 7) is 5.22. The van der Waals surface area contributed by atoms with Crippen LogP contribution in [0.4, 0.5) is 0 Å². The predicted molar refractivity (Wildman–Crippen MR) is 53.1 cm³/mol. The molecule has 0 saturated heterocycles. The Morgan fingerprint density at radius 2 is 2.43 bits per heavy atom. The predicted octanol–water partition coefficient (Wildman–Crippen LogP) is 1.27. The van der Waals surface area contributed by atoms with Crippen molar-refractivity contribution in [2.24, 2.45) is 5.73 Å². The number of nitrogens with zero attached hydrogens (tertiary/aromatic N) is 1. The Balaban J connectivity index is 3.35. The van der Waals surface area contributed by atoms with Crippen molar-refractivity contribution in [3.8, 4) is 0 Å². The smallest absolute Gasteiger partial charge is 0.337 e. The lowest BCUT2D eigenvalue weighted by Gasteiger charge is -2.10. The van der Waals surface area contributed by atoms with Gasteiger partial charge in [0.25, 0.3) is 0 Å². The number of aromatic nitrogens is 1. The molecule has 4 heteroatoms. The van der Waals surface area contributed by atoms with Gasteiger partial charge in [-0.15, -0.1) is 6.58 Å². The zero-order chi connectivity index (χ0) is 10.7. The molecule has 0 spiro atoms. The molecule has 3 N–H and O–H groups in total. The van der Waals surface area contributed by atoms with Gasteiger partial charge >= 0.3 is 5.97 Å². The monoisotopic (exact) mass is 192 g/mol. The lowest BCUT2D eigenvalue weighted by atomic mass is 10.0. The number of carbonyl (C=O) groups is 1. The number of aryl methyl sites for hydroxylation is 1. The number of hydrogen-bond acceptors (Lipinski definition) is 3. The van der Waals surface area contributed by atoms with Crippen LogP contribution in [0, 0.1) is 6.92 Å². The van der Waals surface area contributed by atoms with Crippen molar-refractivity contribution in [2.45, 2.75) is 13.0 Å². The molecule has 0 saturated carbocycles. The van der Waals surface area contributed by atoms with E-state index in [1.165, 1.54) is 6.08 Å². The fraction of sp³-hybridized carbons (Fsp3) is 0.200. The van der Waals surface area contributed by atoms with Gasteiger partial charge in [-0.05, 0) is 18.6 Å². The number of carboxylic acid groups (broad SMARTS) is 1. The van der Waals surface area contributed by atoms with Crippen LogP contribution >= 0.6 is 0 Å². The normalized spacial score (nSPS) is 12.1. The van der Waals surface area contributed by atoms with Crippen LogP contribution in [-0.4, -0.2) is 16.1 Å². The summed E-state index contributed by atoms with van der Waals surface area (Å²) in [6.07, 6.45) is 3.01. The standard InChI is InChI=1S/C10H12N2O2/c1-3-7(11)9-8(10(13)14)6(2)4-5-12-9/h3-5,7H,1,11H2,2H3,(H,13,14)/t7-/m0/s1. The average molecular weight is 192 g/mol. The number of pyridine rings is 1. The molecule has 0 radical (unpaired) electrons. The fourth-order valence-corrected chi connectivity index (χ4v) is 1.22. The third-order valence-corrected chi connectivity index (χ3v) is 1.97. The summed E-state index contributed by atoms with van der Waals surface area (Å²) < 4.78 is 0. The molecule has 4 nitrogen and oxygen atoms in total. The molecule has 74 valence electrons. The Labute approximate surface area is 82.1 Å². The second kappa shape index (κ2) is 4.02. The molecule has 1 atom stereocenters. The second-order valence-corrected chi connectivity index (χ2v) is 2.95. The molecular formula is C10H12N2O2. The van der Waals surface area contributed by atoms with Gasteiger partial charge in [0, 0.05) is 6.20 Å². The molecule has 1 rings (SSSR count). The summed E-state index contributed by atoms with van der Waals surface area (Å²) in [5.74, 6) is -1.01. The Morgan fingerprint density at radius 1 is 1.79 bits per heavy atom. The van der Waals surface area contributed by atoms with E-state index < -0.39 is 12.0 Å². The summed E-state index contributed by atoms with van der Waals surface area (Å²) in [5.41, 5.74) is 6.83. The van der Waals surface area contributed by atoms with Crippen molar-refractivity contribution in [3.05, 3.63) is 41.7 Å². The van der Waals surface area contributed by atoms with Crippen LogP contribution < -0.4 is 5.73 Å². The topological polar surface area (TPSA) is 76.2 Å². The van der Waals surface area contributed by atoms with E-state index in [0.29, 0.717) is 11.3 Å². The van der Waals surface area contributed by atoms with Gasteiger partial charge in [0.05, 0.1) is 17.3 Å². The lowest BCUT2D eigenvalue weighted by Crippen LogP contribution is -2.15. The maximum Gasteiger partial charge on any atom is 0.337 e. The van der Waals surface area contributed by atoms with Crippen LogP contribution in [-0.2, 0) is 0 Å². The van der Waals surface area contributed by atoms with Gasteiger partial charge in [-0.2, -0.15) is 0 Å². The minimum Gasteiger partial charge on any atom is -0.478 e. The minimum absolute atomic E-state index is 0.167. The van der Waals surface area contributed by atoms with E-state index in [1.807, 2.05) is 0 Å². The number of rotatable bonds is 3. The number of carboxylic acids is 1. The van der Waals surface area contributed by atoms with E-state index in [2.05, 4.69) is 11.6 Å². The van der Waals surface area contributed by atoms with Gasteiger partial charge < -0.3 is 10.8 Å². The van der Waals surface area contributed by atoms with Crippen LogP contribution in [0.2, 0.25) is 0 Å². The molecule has 0 fully saturated rings. The highest BCUT2D eigenvalue weighted by Gasteiger charge is 2.17. The molecule has 1 heterocycles. The van der Waals surface area contributed by atoms with Crippen LogP contribution in [0.5, 0.6) is 0 Å². The largest absolute Gasteiger partial charge is 0.478 e. The molecule has 0 aliphatic rings. The van der Waals surface area contributed by atoms with Crippen molar-refractivity contribution < 1.29 is 9.90 Å². The first-order valence-electron chi connectivity index (χ1n) is 4.15. The summed E-state index contributed by atoms with van der Waals surface area (Å²) in [6, 6.07) is 1.10. The second-order valence-electron chi connectivity index (χ2n) is 2.95. The Kier molecular flexibility index (Phi) is 2.99. The molecule has 1 aromatic heterocycles. The van der Waals surface area contributed by atoms with Crippen molar-refractivity contribution >= 4 is 5.97 Å². The molecule has 0 unspecified atom stereocenters. The quantitative estimate of drug-likeness (QED) is 0.707. The molecule has 0 aromatic carbocycles. The van der Waals surface area contributed by atoms with Gasteiger partial charge in [-0.3, -0.25) is 4.98 Å². The molecular weight excluding hydrogens is 180 g/mol. The van der Waals surface area contributed by atoms with E-state index in [9.17, 15) is 4.79 Å². The van der Waals surface area contributed by atoms with Gasteiger partial charge in [0.1, 0.15) is 0 Å². The van der Waals surface area contributed by atoms with Gasteiger partial charge in [0.15, 0.2) is 0 Å². The zero-order valence-corrected chi connectivity index (χ0v) is 7.90. The van der Waals surface area contributed by atoms with Crippen LogP contribution in [0.15, 0.2) is 24.9 Å². The maximum absolute atomic E-state index is 10.9. The van der Waals surface area contributed by atoms with E-state index in [4.69, 9.17) is 10.8 Å². The van der Waals surface area contributed by atoms with Crippen molar-refractivity contribution in [3.63, 3.8) is 0 Å². The Morgan fingerprint density at radius 3 is 2.93 bits per heavy atom. The van der Waals surface area contributed by atoms with Crippen molar-refractivity contribution in [1.29, 1.82) is 0 Å². The summed E-state index contributed by atoms with van der Waals surface area (Å²) in [4.78, 5) is 14.9. The number of hydrogen-bond donors (Lipinski definition) is 2. The first kappa shape index (κ1) is 10.4. The van der Waals surface area contributed by atoms with Crippen LogP contribution in [0.1, 0.15) is 27.7 Å². The van der Waals surface area contributed by atoms with E-state index in [-0.39, 0.29) is 5.56 Å². The third kappa shape index (κ3) is 1.80. The molecule has 0 aliphatic heterocycles. The minimum atomic E-state index is -1.01. The first-order valence-corrected chi connectivity index (χ1v) is 4.15. The summed E-state index contributed by atoms with van der Waals surface area (Å²) in [5, 5.41) is 8.96. The van der Waals surface area contributed by atoms with Crippen LogP contribution in [0.25, 0.3) is 0 Å². The molecule has 14 heavy (non-hydrogen) atoms. The number of aromatic carboxylic acids is 1. The van der Waals surface area contributed by atoms with Gasteiger partial charge in [0.2, 0.25) is 0 Å². The maximum atomic E-state index is 10.9. The molecule has 0 bridgehead atoms. The highest BCUT2D eigenvalue weighted by molar-refractivity contribution is 5.90. The lowest BCUT2D eigenvalue weighted by molar-refractivity contribution is 0.0694. The van der Waals surface area contributed by atoms with Gasteiger partial charge in [-0.25, -0.2) is 4.79 Å². The number of nitrogens with two attached hydrogens (primary N) is 1. The fourth-order valence-electron chi connectivity index (χ4n) is 1.22. The van der Waals surface area contributed by atoms with Gasteiger partial charge in [-0.1, -0.05) is 6.08 Å². The first-order chi connectivity index (χ1) is 6.57. The molecule has 1 aromatic rings. The zero-order valence-electron chi connectivity index (χ0n) is 7.90. The van der Waals surface area contributed by atoms with E-state index in [1.54, 1.807) is 19.2 Å². The molecule has 0 aliphatic carbocycles. The van der Waals surface area contributed by atoms with Crippen LogP contribution in [0.3, 0.4) is 0 Å². The summed E-state index contributed by atoms with van der Waals surface area (Å²) >= 11 is 0. The summed E-state index contributed by atoms with van der Waals surface area (Å²) in [7, 11) is 0. The molecule has 0 amide bonds. The van der Waals surface area contributed by atoms with E-state index in [0.717, 1.165) is 0 Å². The Bertz CT molecular complexity index is 374. The highest BCUT2D eigenvalue weighted by Crippen LogP contribution is 2.17. The highest BCUT2D eigenvalue weighted by atomic mass is 16.4.